The molecule has 4 heteroatoms. The maximum absolute atomic E-state index is 11.5. The molecular formula is C13H14N2O2. The molecule has 0 aliphatic carbocycles. The van der Waals surface area contributed by atoms with Gasteiger partial charge in [0.15, 0.2) is 0 Å². The fourth-order valence-corrected chi connectivity index (χ4v) is 1.40. The van der Waals surface area contributed by atoms with E-state index in [0.29, 0.717) is 11.3 Å². The molecule has 0 aromatic heterocycles. The van der Waals surface area contributed by atoms with Crippen molar-refractivity contribution in [2.75, 3.05) is 12.3 Å². The number of nitrogens with zero attached hydrogens (tertiary/aromatic N) is 1. The van der Waals surface area contributed by atoms with Gasteiger partial charge < -0.3 is 10.5 Å². The van der Waals surface area contributed by atoms with Crippen molar-refractivity contribution >= 4 is 17.2 Å². The van der Waals surface area contributed by atoms with Crippen molar-refractivity contribution in [3.63, 3.8) is 0 Å². The zero-order valence-electron chi connectivity index (χ0n) is 9.86. The number of anilines is 1. The number of nitrogens with two attached hydrogens (primary N) is 1. The molecule has 17 heavy (non-hydrogen) atoms. The molecule has 0 unspecified atom stereocenters. The molecular weight excluding hydrogens is 216 g/mol. The average molecular weight is 230 g/mol. The standard InChI is InChI=1S/C13H14N2O2/c1-3-17-13(16)12(8-14)9(2)10-5-4-6-11(15)7-10/h4-7H,3,15H2,1-2H3/b12-9-. The van der Waals surface area contributed by atoms with Gasteiger partial charge in [-0.1, -0.05) is 12.1 Å². The summed E-state index contributed by atoms with van der Waals surface area (Å²) in [6.45, 7) is 3.64. The molecule has 88 valence electrons. The normalized spacial score (nSPS) is 11.4. The van der Waals surface area contributed by atoms with Crippen molar-refractivity contribution in [3.8, 4) is 6.07 Å². The largest absolute Gasteiger partial charge is 0.462 e. The summed E-state index contributed by atoms with van der Waals surface area (Å²) in [4.78, 5) is 11.5. The first-order valence-corrected chi connectivity index (χ1v) is 5.24. The summed E-state index contributed by atoms with van der Waals surface area (Å²) in [6.07, 6.45) is 0. The Morgan fingerprint density at radius 2 is 2.24 bits per heavy atom. The Balaban J connectivity index is 3.18. The van der Waals surface area contributed by atoms with E-state index in [1.807, 2.05) is 6.07 Å². The topological polar surface area (TPSA) is 76.1 Å². The van der Waals surface area contributed by atoms with Gasteiger partial charge in [-0.2, -0.15) is 5.26 Å². The summed E-state index contributed by atoms with van der Waals surface area (Å²) in [5.74, 6) is -0.602. The first kappa shape index (κ1) is 12.8. The first-order valence-electron chi connectivity index (χ1n) is 5.24. The van der Waals surface area contributed by atoms with Gasteiger partial charge in [-0.25, -0.2) is 4.79 Å². The molecule has 0 aliphatic rings. The second-order valence-corrected chi connectivity index (χ2v) is 3.46. The highest BCUT2D eigenvalue weighted by Gasteiger charge is 2.14. The second-order valence-electron chi connectivity index (χ2n) is 3.46. The van der Waals surface area contributed by atoms with Crippen LogP contribution in [0.3, 0.4) is 0 Å². The minimum absolute atomic E-state index is 0.0115. The summed E-state index contributed by atoms with van der Waals surface area (Å²) in [7, 11) is 0. The molecule has 0 saturated heterocycles. The van der Waals surface area contributed by atoms with Gasteiger partial charge in [-0.05, 0) is 37.1 Å². The minimum atomic E-state index is -0.602. The van der Waals surface area contributed by atoms with Crippen molar-refractivity contribution < 1.29 is 9.53 Å². The number of carbonyl (C=O) groups is 1. The van der Waals surface area contributed by atoms with Crippen LogP contribution in [0, 0.1) is 11.3 Å². The van der Waals surface area contributed by atoms with Crippen molar-refractivity contribution in [3.05, 3.63) is 35.4 Å². The van der Waals surface area contributed by atoms with E-state index in [9.17, 15) is 4.79 Å². The average Bonchev–Trinajstić information content (AvgIpc) is 2.30. The van der Waals surface area contributed by atoms with Gasteiger partial charge in [0.05, 0.1) is 6.61 Å². The third kappa shape index (κ3) is 3.08. The molecule has 0 amide bonds. The molecule has 1 aromatic carbocycles. The van der Waals surface area contributed by atoms with Gasteiger partial charge in [-0.15, -0.1) is 0 Å². The van der Waals surface area contributed by atoms with Crippen LogP contribution < -0.4 is 5.73 Å². The molecule has 0 heterocycles. The predicted molar refractivity (Wildman–Crippen MR) is 65.7 cm³/mol. The Kier molecular flexibility index (Phi) is 4.29. The zero-order chi connectivity index (χ0) is 12.8. The number of hydrogen-bond acceptors (Lipinski definition) is 4. The van der Waals surface area contributed by atoms with Gasteiger partial charge in [0, 0.05) is 5.69 Å². The summed E-state index contributed by atoms with van der Waals surface area (Å²) < 4.78 is 4.82. The van der Waals surface area contributed by atoms with E-state index in [0.717, 1.165) is 5.56 Å². The number of allylic oxidation sites excluding steroid dienone is 1. The van der Waals surface area contributed by atoms with Crippen LogP contribution >= 0.6 is 0 Å². The first-order chi connectivity index (χ1) is 8.10. The molecule has 0 fully saturated rings. The van der Waals surface area contributed by atoms with Crippen LogP contribution in [0.2, 0.25) is 0 Å². The molecule has 0 spiro atoms. The van der Waals surface area contributed by atoms with Gasteiger partial charge >= 0.3 is 5.97 Å². The predicted octanol–water partition coefficient (Wildman–Crippen LogP) is 2.13. The highest BCUT2D eigenvalue weighted by Crippen LogP contribution is 2.20. The number of rotatable bonds is 3. The Morgan fingerprint density at radius 1 is 1.53 bits per heavy atom. The van der Waals surface area contributed by atoms with Crippen molar-refractivity contribution in [1.29, 1.82) is 5.26 Å². The summed E-state index contributed by atoms with van der Waals surface area (Å²) in [6, 6.07) is 8.89. The van der Waals surface area contributed by atoms with Crippen molar-refractivity contribution in [1.82, 2.24) is 0 Å². The Labute approximate surface area is 100 Å². The van der Waals surface area contributed by atoms with Gasteiger partial charge in [0.25, 0.3) is 0 Å². The van der Waals surface area contributed by atoms with Crippen LogP contribution in [-0.2, 0) is 9.53 Å². The van der Waals surface area contributed by atoms with Gasteiger partial charge in [0.1, 0.15) is 11.6 Å². The van der Waals surface area contributed by atoms with Crippen LogP contribution in [-0.4, -0.2) is 12.6 Å². The number of nitrogen functional groups attached to an aromatic ring is 1. The number of nitriles is 1. The SMILES string of the molecule is CCOC(=O)/C(C#N)=C(/C)c1cccc(N)c1. The smallest absolute Gasteiger partial charge is 0.349 e. The monoisotopic (exact) mass is 230 g/mol. The molecule has 0 aliphatic heterocycles. The molecule has 2 N–H and O–H groups in total. The van der Waals surface area contributed by atoms with E-state index in [1.165, 1.54) is 0 Å². The minimum Gasteiger partial charge on any atom is -0.462 e. The molecule has 1 rings (SSSR count). The quantitative estimate of drug-likeness (QED) is 0.373. The van der Waals surface area contributed by atoms with E-state index >= 15 is 0 Å². The molecule has 0 atom stereocenters. The lowest BCUT2D eigenvalue weighted by Gasteiger charge is -2.06. The molecule has 0 saturated carbocycles. The molecule has 0 bridgehead atoms. The lowest BCUT2D eigenvalue weighted by Crippen LogP contribution is -2.08. The summed E-state index contributed by atoms with van der Waals surface area (Å²) in [5, 5.41) is 8.98. The van der Waals surface area contributed by atoms with Crippen molar-refractivity contribution in [2.45, 2.75) is 13.8 Å². The highest BCUT2D eigenvalue weighted by atomic mass is 16.5. The van der Waals surface area contributed by atoms with E-state index in [2.05, 4.69) is 0 Å². The van der Waals surface area contributed by atoms with Crippen LogP contribution in [0.1, 0.15) is 19.4 Å². The third-order valence-electron chi connectivity index (χ3n) is 2.29. The van der Waals surface area contributed by atoms with Crippen LogP contribution in [0.5, 0.6) is 0 Å². The highest BCUT2D eigenvalue weighted by molar-refractivity contribution is 6.01. The van der Waals surface area contributed by atoms with E-state index in [1.54, 1.807) is 38.1 Å². The zero-order valence-corrected chi connectivity index (χ0v) is 9.86. The number of carbonyl (C=O) groups excluding carboxylic acids is 1. The van der Waals surface area contributed by atoms with E-state index in [4.69, 9.17) is 15.7 Å². The van der Waals surface area contributed by atoms with E-state index in [-0.39, 0.29) is 12.2 Å². The Morgan fingerprint density at radius 3 is 2.76 bits per heavy atom. The maximum Gasteiger partial charge on any atom is 0.349 e. The number of ether oxygens (including phenoxy) is 1. The Bertz CT molecular complexity index is 498. The lowest BCUT2D eigenvalue weighted by molar-refractivity contribution is -0.137. The molecule has 4 nitrogen and oxygen atoms in total. The molecule has 1 aromatic rings. The third-order valence-corrected chi connectivity index (χ3v) is 2.29. The van der Waals surface area contributed by atoms with Crippen LogP contribution in [0.15, 0.2) is 29.8 Å². The van der Waals surface area contributed by atoms with Crippen molar-refractivity contribution in [2.24, 2.45) is 0 Å². The fourth-order valence-electron chi connectivity index (χ4n) is 1.40. The lowest BCUT2D eigenvalue weighted by atomic mass is 10.0. The van der Waals surface area contributed by atoms with Gasteiger partial charge in [-0.3, -0.25) is 0 Å². The second kappa shape index (κ2) is 5.71. The Hall–Kier alpha value is -2.28. The van der Waals surface area contributed by atoms with Crippen LogP contribution in [0.25, 0.3) is 5.57 Å². The number of hydrogen-bond donors (Lipinski definition) is 1. The fraction of sp³-hybridized carbons (Fsp3) is 0.231. The summed E-state index contributed by atoms with van der Waals surface area (Å²) >= 11 is 0. The van der Waals surface area contributed by atoms with Crippen LogP contribution in [0.4, 0.5) is 5.69 Å². The number of esters is 1. The summed E-state index contributed by atoms with van der Waals surface area (Å²) in [5.41, 5.74) is 7.56. The molecule has 0 radical (unpaired) electrons. The maximum atomic E-state index is 11.5. The number of benzene rings is 1. The van der Waals surface area contributed by atoms with E-state index < -0.39 is 5.97 Å². The van der Waals surface area contributed by atoms with Gasteiger partial charge in [0.2, 0.25) is 0 Å².